The number of nitrogens with one attached hydrogen (secondary N) is 1. The first-order valence-corrected chi connectivity index (χ1v) is 8.72. The molecule has 0 spiro atoms. The van der Waals surface area contributed by atoms with Gasteiger partial charge in [-0.15, -0.1) is 11.3 Å². The van der Waals surface area contributed by atoms with Gasteiger partial charge in [-0.1, -0.05) is 17.7 Å². The van der Waals surface area contributed by atoms with Gasteiger partial charge in [0.1, 0.15) is 4.83 Å². The van der Waals surface area contributed by atoms with Crippen molar-refractivity contribution in [2.45, 2.75) is 6.92 Å². The van der Waals surface area contributed by atoms with Crippen molar-refractivity contribution in [2.24, 2.45) is 7.05 Å². The predicted molar refractivity (Wildman–Crippen MR) is 103 cm³/mol. The van der Waals surface area contributed by atoms with Crippen molar-refractivity contribution < 1.29 is 4.79 Å². The maximum atomic E-state index is 12.8. The number of hydrogen-bond donors (Lipinski definition) is 1. The minimum atomic E-state index is -0.284. The number of amides is 1. The molecule has 3 aromatic rings. The van der Waals surface area contributed by atoms with E-state index in [-0.39, 0.29) is 11.5 Å². The molecule has 8 heteroatoms. The Hall–Kier alpha value is -2.38. The highest BCUT2D eigenvalue weighted by Gasteiger charge is 2.20. The van der Waals surface area contributed by atoms with Crippen LogP contribution in [0.15, 0.2) is 29.3 Å². The summed E-state index contributed by atoms with van der Waals surface area (Å²) >= 11 is 7.45. The minimum Gasteiger partial charge on any atom is -0.375 e. The maximum Gasteiger partial charge on any atom is 0.266 e. The molecule has 130 valence electrons. The fourth-order valence-electron chi connectivity index (χ4n) is 2.68. The highest BCUT2D eigenvalue weighted by molar-refractivity contribution is 7.20. The van der Waals surface area contributed by atoms with Crippen LogP contribution in [0, 0.1) is 6.92 Å². The number of carbonyl (C=O) groups is 1. The number of hydrogen-bond acceptors (Lipinski definition) is 5. The first-order valence-electron chi connectivity index (χ1n) is 7.53. The lowest BCUT2D eigenvalue weighted by molar-refractivity contribution is 0.103. The van der Waals surface area contributed by atoms with Crippen LogP contribution in [-0.2, 0) is 7.05 Å². The number of anilines is 2. The zero-order valence-corrected chi connectivity index (χ0v) is 15.8. The zero-order valence-electron chi connectivity index (χ0n) is 14.3. The summed E-state index contributed by atoms with van der Waals surface area (Å²) in [6, 6.07) is 5.34. The number of fused-ring (bicyclic) bond motifs is 1. The third kappa shape index (κ3) is 3.01. The van der Waals surface area contributed by atoms with Gasteiger partial charge in [0.25, 0.3) is 11.5 Å². The molecule has 0 unspecified atom stereocenters. The molecule has 25 heavy (non-hydrogen) atoms. The van der Waals surface area contributed by atoms with E-state index in [1.165, 1.54) is 22.2 Å². The van der Waals surface area contributed by atoms with Crippen LogP contribution >= 0.6 is 22.9 Å². The summed E-state index contributed by atoms with van der Waals surface area (Å²) in [6.45, 7) is 1.77. The SMILES string of the molecule is Cc1c(C(=O)Nc2cccc(Cl)c2N(C)C)sc2ncn(C)c(=O)c12. The van der Waals surface area contributed by atoms with E-state index < -0.39 is 0 Å². The normalized spacial score (nSPS) is 10.9. The second-order valence-corrected chi connectivity index (χ2v) is 7.29. The van der Waals surface area contributed by atoms with Crippen LogP contribution in [0.5, 0.6) is 0 Å². The van der Waals surface area contributed by atoms with Crippen molar-refractivity contribution in [3.8, 4) is 0 Å². The topological polar surface area (TPSA) is 67.2 Å². The number of nitrogens with zero attached hydrogens (tertiary/aromatic N) is 3. The summed E-state index contributed by atoms with van der Waals surface area (Å²) in [4.78, 5) is 32.2. The molecule has 2 heterocycles. The third-order valence-electron chi connectivity index (χ3n) is 3.90. The number of para-hydroxylation sites is 1. The minimum absolute atomic E-state index is 0.158. The molecule has 1 aromatic carbocycles. The molecule has 0 aliphatic carbocycles. The van der Waals surface area contributed by atoms with Crippen molar-refractivity contribution >= 4 is 50.4 Å². The Kier molecular flexibility index (Phi) is 4.53. The van der Waals surface area contributed by atoms with Gasteiger partial charge in [-0.05, 0) is 24.6 Å². The Morgan fingerprint density at radius 1 is 1.36 bits per heavy atom. The largest absolute Gasteiger partial charge is 0.375 e. The van der Waals surface area contributed by atoms with Gasteiger partial charge in [-0.2, -0.15) is 0 Å². The van der Waals surface area contributed by atoms with E-state index in [0.717, 1.165) is 5.69 Å². The van der Waals surface area contributed by atoms with Gasteiger partial charge in [0.05, 0.1) is 33.0 Å². The molecule has 2 aromatic heterocycles. The van der Waals surface area contributed by atoms with Crippen LogP contribution in [-0.4, -0.2) is 29.6 Å². The van der Waals surface area contributed by atoms with Crippen LogP contribution in [0.2, 0.25) is 5.02 Å². The average molecular weight is 377 g/mol. The van der Waals surface area contributed by atoms with Gasteiger partial charge in [0.15, 0.2) is 0 Å². The molecule has 0 fully saturated rings. The molecule has 6 nitrogen and oxygen atoms in total. The van der Waals surface area contributed by atoms with Gasteiger partial charge in [-0.25, -0.2) is 4.98 Å². The molecule has 1 amide bonds. The standard InChI is InChI=1S/C17H17ClN4O2S/c1-9-12-16(19-8-22(4)17(12)24)25-14(9)15(23)20-11-7-5-6-10(18)13(11)21(2)3/h5-8H,1-4H3,(H,20,23). The van der Waals surface area contributed by atoms with E-state index in [9.17, 15) is 9.59 Å². The number of aromatic nitrogens is 2. The van der Waals surface area contributed by atoms with Crippen molar-refractivity contribution in [2.75, 3.05) is 24.3 Å². The average Bonchev–Trinajstić information content (AvgIpc) is 2.88. The fraction of sp³-hybridized carbons (Fsp3) is 0.235. The lowest BCUT2D eigenvalue weighted by atomic mass is 10.2. The molecule has 0 bridgehead atoms. The van der Waals surface area contributed by atoms with Crippen molar-refractivity contribution in [1.29, 1.82) is 0 Å². The monoisotopic (exact) mass is 376 g/mol. The Bertz CT molecular complexity index is 1040. The molecule has 0 aliphatic heterocycles. The quantitative estimate of drug-likeness (QED) is 0.761. The summed E-state index contributed by atoms with van der Waals surface area (Å²) in [6.07, 6.45) is 1.46. The fourth-order valence-corrected chi connectivity index (χ4v) is 4.05. The van der Waals surface area contributed by atoms with Gasteiger partial charge < -0.3 is 14.8 Å². The van der Waals surface area contributed by atoms with Crippen LogP contribution in [0.3, 0.4) is 0 Å². The number of halogens is 1. The van der Waals surface area contributed by atoms with Gasteiger partial charge >= 0.3 is 0 Å². The van der Waals surface area contributed by atoms with E-state index in [0.29, 0.717) is 31.4 Å². The Labute approximate surface area is 153 Å². The Balaban J connectivity index is 2.05. The summed E-state index contributed by atoms with van der Waals surface area (Å²) in [7, 11) is 5.35. The van der Waals surface area contributed by atoms with E-state index in [1.54, 1.807) is 32.2 Å². The lowest BCUT2D eigenvalue weighted by Crippen LogP contribution is -2.18. The summed E-state index contributed by atoms with van der Waals surface area (Å²) in [5.74, 6) is -0.284. The van der Waals surface area contributed by atoms with Crippen LogP contribution in [0.1, 0.15) is 15.2 Å². The molecular weight excluding hydrogens is 360 g/mol. The second-order valence-electron chi connectivity index (χ2n) is 5.88. The molecule has 1 N–H and O–H groups in total. The molecule has 0 saturated heterocycles. The highest BCUT2D eigenvalue weighted by Crippen LogP contribution is 2.34. The number of rotatable bonds is 3. The first kappa shape index (κ1) is 17.4. The van der Waals surface area contributed by atoms with Crippen LogP contribution < -0.4 is 15.8 Å². The van der Waals surface area contributed by atoms with Gasteiger partial charge in [0.2, 0.25) is 0 Å². The second kappa shape index (κ2) is 6.50. The first-order chi connectivity index (χ1) is 11.8. The van der Waals surface area contributed by atoms with E-state index in [4.69, 9.17) is 11.6 Å². The molecule has 0 aliphatic rings. The molecule has 0 atom stereocenters. The van der Waals surface area contributed by atoms with Gasteiger partial charge in [0, 0.05) is 21.1 Å². The van der Waals surface area contributed by atoms with Crippen molar-refractivity contribution in [3.05, 3.63) is 50.3 Å². The number of thiophene rings is 1. The summed E-state index contributed by atoms with van der Waals surface area (Å²) in [5, 5.41) is 3.93. The third-order valence-corrected chi connectivity index (χ3v) is 5.40. The van der Waals surface area contributed by atoms with Crippen molar-refractivity contribution in [3.63, 3.8) is 0 Å². The van der Waals surface area contributed by atoms with Crippen LogP contribution in [0.25, 0.3) is 10.2 Å². The Morgan fingerprint density at radius 2 is 2.08 bits per heavy atom. The van der Waals surface area contributed by atoms with Crippen molar-refractivity contribution in [1.82, 2.24) is 9.55 Å². The lowest BCUT2D eigenvalue weighted by Gasteiger charge is -2.19. The van der Waals surface area contributed by atoms with E-state index >= 15 is 0 Å². The number of aryl methyl sites for hydroxylation is 2. The number of carbonyl (C=O) groups excluding carboxylic acids is 1. The molecule has 0 saturated carbocycles. The van der Waals surface area contributed by atoms with Gasteiger partial charge in [-0.3, -0.25) is 9.59 Å². The van der Waals surface area contributed by atoms with E-state index in [1.807, 2.05) is 19.0 Å². The smallest absolute Gasteiger partial charge is 0.266 e. The molecular formula is C17H17ClN4O2S. The Morgan fingerprint density at radius 3 is 2.76 bits per heavy atom. The molecule has 3 rings (SSSR count). The van der Waals surface area contributed by atoms with Crippen LogP contribution in [0.4, 0.5) is 11.4 Å². The summed E-state index contributed by atoms with van der Waals surface area (Å²) in [5.41, 5.74) is 1.82. The highest BCUT2D eigenvalue weighted by atomic mass is 35.5. The van der Waals surface area contributed by atoms with E-state index in [2.05, 4.69) is 10.3 Å². The molecule has 0 radical (unpaired) electrons. The predicted octanol–water partition coefficient (Wildman–Crippen LogP) is 3.28. The maximum absolute atomic E-state index is 12.8. The number of benzene rings is 1. The summed E-state index contributed by atoms with van der Waals surface area (Å²) < 4.78 is 1.41. The zero-order chi connectivity index (χ0) is 18.3.